The van der Waals surface area contributed by atoms with Gasteiger partial charge in [0.15, 0.2) is 0 Å². The summed E-state index contributed by atoms with van der Waals surface area (Å²) < 4.78 is 20.0. The molecule has 1 amide bonds. The summed E-state index contributed by atoms with van der Waals surface area (Å²) in [5, 5.41) is 0.587. The lowest BCUT2D eigenvalue weighted by atomic mass is 10.0. The Kier molecular flexibility index (Phi) is 6.37. The van der Waals surface area contributed by atoms with Crippen LogP contribution in [0.1, 0.15) is 46.4 Å². The molecule has 0 bridgehead atoms. The molecule has 3 heterocycles. The van der Waals surface area contributed by atoms with E-state index in [1.807, 2.05) is 0 Å². The van der Waals surface area contributed by atoms with Crippen molar-refractivity contribution in [3.8, 4) is 11.6 Å². The topological polar surface area (TPSA) is 58.6 Å². The zero-order chi connectivity index (χ0) is 23.7. The lowest BCUT2D eigenvalue weighted by molar-refractivity contribution is 0.0732. The Morgan fingerprint density at radius 3 is 2.53 bits per heavy atom. The van der Waals surface area contributed by atoms with Crippen LogP contribution in [0.25, 0.3) is 0 Å². The van der Waals surface area contributed by atoms with Gasteiger partial charge in [0.25, 0.3) is 5.91 Å². The Labute approximate surface area is 203 Å². The number of aromatic nitrogens is 2. The van der Waals surface area contributed by atoms with Crippen molar-refractivity contribution in [2.45, 2.75) is 39.2 Å². The lowest BCUT2D eigenvalue weighted by Gasteiger charge is -2.32. The van der Waals surface area contributed by atoms with Crippen molar-refractivity contribution in [2.75, 3.05) is 24.5 Å². The molecule has 0 atom stereocenters. The van der Waals surface area contributed by atoms with Crippen LogP contribution in [0.2, 0.25) is 5.02 Å². The first kappa shape index (κ1) is 22.6. The molecular weight excluding hydrogens is 455 g/mol. The zero-order valence-corrected chi connectivity index (χ0v) is 19.8. The number of hydrogen-bond acceptors (Lipinski definition) is 5. The maximum Gasteiger partial charge on any atom is 0.254 e. The van der Waals surface area contributed by atoms with Crippen LogP contribution in [-0.2, 0) is 13.0 Å². The molecule has 6 nitrogen and oxygen atoms in total. The molecule has 176 valence electrons. The Morgan fingerprint density at radius 1 is 1.03 bits per heavy atom. The van der Waals surface area contributed by atoms with Crippen LogP contribution in [0.3, 0.4) is 0 Å². The fourth-order valence-corrected chi connectivity index (χ4v) is 4.56. The molecular formula is C26H26ClFN4O2. The van der Waals surface area contributed by atoms with E-state index >= 15 is 0 Å². The Hall–Kier alpha value is -3.19. The molecule has 8 heteroatoms. The smallest absolute Gasteiger partial charge is 0.254 e. The van der Waals surface area contributed by atoms with Crippen molar-refractivity contribution in [1.82, 2.24) is 14.9 Å². The Bertz CT molecular complexity index is 1210. The first-order valence-corrected chi connectivity index (χ1v) is 12.0. The fraction of sp³-hybridized carbons (Fsp3) is 0.346. The third kappa shape index (κ3) is 4.71. The minimum atomic E-state index is -0.286. The molecule has 2 aromatic carbocycles. The van der Waals surface area contributed by atoms with Crippen molar-refractivity contribution < 1.29 is 13.9 Å². The average molecular weight is 481 g/mol. The molecule has 5 rings (SSSR count). The van der Waals surface area contributed by atoms with Crippen LogP contribution in [-0.4, -0.2) is 40.4 Å². The molecule has 0 N–H and O–H groups in total. The number of rotatable bonds is 4. The van der Waals surface area contributed by atoms with Gasteiger partial charge in [-0.3, -0.25) is 4.79 Å². The third-order valence-corrected chi connectivity index (χ3v) is 6.62. The molecule has 1 aromatic heterocycles. The summed E-state index contributed by atoms with van der Waals surface area (Å²) in [7, 11) is 0. The first-order chi connectivity index (χ1) is 16.5. The summed E-state index contributed by atoms with van der Waals surface area (Å²) in [4.78, 5) is 26.8. The number of fused-ring (bicyclic) bond motifs is 1. The number of amides is 1. The minimum absolute atomic E-state index is 0.0778. The quantitative estimate of drug-likeness (QED) is 0.489. The summed E-state index contributed by atoms with van der Waals surface area (Å²) in [5.74, 6) is 1.22. The summed E-state index contributed by atoms with van der Waals surface area (Å²) in [6.45, 7) is 4.42. The van der Waals surface area contributed by atoms with Gasteiger partial charge in [-0.2, -0.15) is 4.98 Å². The number of anilines is 1. The van der Waals surface area contributed by atoms with Gasteiger partial charge >= 0.3 is 0 Å². The van der Waals surface area contributed by atoms with Crippen LogP contribution in [0.15, 0.2) is 42.5 Å². The van der Waals surface area contributed by atoms with E-state index in [1.54, 1.807) is 48.2 Å². The molecule has 0 unspecified atom stereocenters. The van der Waals surface area contributed by atoms with E-state index in [0.29, 0.717) is 53.2 Å². The normalized spacial score (nSPS) is 15.7. The highest BCUT2D eigenvalue weighted by Gasteiger charge is 2.28. The van der Waals surface area contributed by atoms with Crippen molar-refractivity contribution in [3.63, 3.8) is 0 Å². The van der Waals surface area contributed by atoms with Crippen molar-refractivity contribution in [2.24, 2.45) is 0 Å². The van der Waals surface area contributed by atoms with Gasteiger partial charge in [-0.05, 0) is 74.2 Å². The monoisotopic (exact) mass is 480 g/mol. The second-order valence-electron chi connectivity index (χ2n) is 8.80. The van der Waals surface area contributed by atoms with Gasteiger partial charge in [0.05, 0.1) is 17.8 Å². The van der Waals surface area contributed by atoms with E-state index in [0.717, 1.165) is 37.2 Å². The average Bonchev–Trinajstić information content (AvgIpc) is 2.86. The summed E-state index contributed by atoms with van der Waals surface area (Å²) >= 11 is 5.98. The van der Waals surface area contributed by atoms with Crippen LogP contribution in [0.4, 0.5) is 10.3 Å². The predicted molar refractivity (Wildman–Crippen MR) is 129 cm³/mol. The molecule has 1 saturated heterocycles. The molecule has 34 heavy (non-hydrogen) atoms. The maximum absolute atomic E-state index is 13.8. The number of aryl methyl sites for hydroxylation is 1. The van der Waals surface area contributed by atoms with Gasteiger partial charge in [0, 0.05) is 36.6 Å². The van der Waals surface area contributed by atoms with Gasteiger partial charge in [0.2, 0.25) is 11.8 Å². The number of halogens is 2. The minimum Gasteiger partial charge on any atom is -0.438 e. The summed E-state index contributed by atoms with van der Waals surface area (Å²) in [6, 6.07) is 11.5. The number of piperidine rings is 1. The van der Waals surface area contributed by atoms with Gasteiger partial charge in [-0.1, -0.05) is 11.6 Å². The second kappa shape index (κ2) is 9.58. The molecule has 2 aliphatic rings. The molecule has 0 radical (unpaired) electrons. The SMILES string of the molecule is Cc1cc(Oc2nc(N3CCCCC3)nc3c2CN(C(=O)c2ccc(Cl)cc2)CC3)ccc1F. The van der Waals surface area contributed by atoms with Crippen LogP contribution in [0.5, 0.6) is 11.6 Å². The van der Waals surface area contributed by atoms with Gasteiger partial charge < -0.3 is 14.5 Å². The Balaban J connectivity index is 1.48. The first-order valence-electron chi connectivity index (χ1n) is 11.6. The van der Waals surface area contributed by atoms with E-state index in [-0.39, 0.29) is 11.7 Å². The molecule has 0 spiro atoms. The highest BCUT2D eigenvalue weighted by molar-refractivity contribution is 6.30. The highest BCUT2D eigenvalue weighted by Crippen LogP contribution is 2.33. The van der Waals surface area contributed by atoms with Crippen LogP contribution in [0, 0.1) is 12.7 Å². The largest absolute Gasteiger partial charge is 0.438 e. The zero-order valence-electron chi connectivity index (χ0n) is 19.1. The van der Waals surface area contributed by atoms with Crippen molar-refractivity contribution >= 4 is 23.5 Å². The van der Waals surface area contributed by atoms with Gasteiger partial charge in [-0.15, -0.1) is 0 Å². The molecule has 2 aliphatic heterocycles. The van der Waals surface area contributed by atoms with Gasteiger partial charge in [-0.25, -0.2) is 9.37 Å². The number of carbonyl (C=O) groups excluding carboxylic acids is 1. The maximum atomic E-state index is 13.8. The molecule has 0 saturated carbocycles. The van der Waals surface area contributed by atoms with Crippen LogP contribution >= 0.6 is 11.6 Å². The molecule has 0 aliphatic carbocycles. The Morgan fingerprint density at radius 2 is 1.79 bits per heavy atom. The number of nitrogens with zero attached hydrogens (tertiary/aromatic N) is 4. The predicted octanol–water partition coefficient (Wildman–Crippen LogP) is 5.56. The van der Waals surface area contributed by atoms with E-state index in [1.165, 1.54) is 12.5 Å². The van der Waals surface area contributed by atoms with Crippen LogP contribution < -0.4 is 9.64 Å². The summed E-state index contributed by atoms with van der Waals surface area (Å²) in [5.41, 5.74) is 2.76. The van der Waals surface area contributed by atoms with Crippen molar-refractivity contribution in [3.05, 3.63) is 75.7 Å². The highest BCUT2D eigenvalue weighted by atomic mass is 35.5. The number of benzene rings is 2. The van der Waals surface area contributed by atoms with E-state index < -0.39 is 0 Å². The fourth-order valence-electron chi connectivity index (χ4n) is 4.43. The van der Waals surface area contributed by atoms with Gasteiger partial charge in [0.1, 0.15) is 11.6 Å². The van der Waals surface area contributed by atoms with E-state index in [9.17, 15) is 9.18 Å². The molecule has 3 aromatic rings. The van der Waals surface area contributed by atoms with Crippen molar-refractivity contribution in [1.29, 1.82) is 0 Å². The van der Waals surface area contributed by atoms with E-state index in [2.05, 4.69) is 4.90 Å². The number of ether oxygens (including phenoxy) is 1. The standard InChI is InChI=1S/C26H26ClFN4O2/c1-17-15-20(9-10-22(17)28)34-24-21-16-32(25(33)18-5-7-19(27)8-6-18)14-11-23(21)29-26(30-24)31-12-3-2-4-13-31/h5-10,15H,2-4,11-14,16H2,1H3. The van der Waals surface area contributed by atoms with E-state index in [4.69, 9.17) is 26.3 Å². The summed E-state index contributed by atoms with van der Waals surface area (Å²) in [6.07, 6.45) is 4.03. The lowest BCUT2D eigenvalue weighted by Crippen LogP contribution is -2.37. The number of carbonyl (C=O) groups is 1. The second-order valence-corrected chi connectivity index (χ2v) is 9.23. The molecule has 1 fully saturated rings. The number of hydrogen-bond donors (Lipinski definition) is 0. The third-order valence-electron chi connectivity index (χ3n) is 6.37.